The zero-order valence-corrected chi connectivity index (χ0v) is 10.2. The van der Waals surface area contributed by atoms with Crippen molar-refractivity contribution in [2.24, 2.45) is 0 Å². The van der Waals surface area contributed by atoms with Crippen LogP contribution in [0.4, 0.5) is 11.5 Å². The lowest BCUT2D eigenvalue weighted by Crippen LogP contribution is -2.27. The average Bonchev–Trinajstić information content (AvgIpc) is 2.35. The van der Waals surface area contributed by atoms with Crippen molar-refractivity contribution >= 4 is 17.4 Å². The minimum absolute atomic E-state index is 0.0311. The molecule has 1 rings (SSSR count). The predicted octanol–water partition coefficient (Wildman–Crippen LogP) is -0.360. The van der Waals surface area contributed by atoms with Crippen LogP contribution in [0, 0.1) is 0 Å². The smallest absolute Gasteiger partial charge is 0.242 e. The fraction of sp³-hybridized carbons (Fsp3) is 0.500. The van der Waals surface area contributed by atoms with Crippen LogP contribution in [0.1, 0.15) is 6.42 Å². The van der Waals surface area contributed by atoms with Gasteiger partial charge in [-0.05, 0) is 0 Å². The Bertz CT molecular complexity index is 396. The van der Waals surface area contributed by atoms with E-state index in [9.17, 15) is 4.79 Å². The summed E-state index contributed by atoms with van der Waals surface area (Å²) in [4.78, 5) is 20.9. The Morgan fingerprint density at radius 2 is 2.29 bits per heavy atom. The van der Waals surface area contributed by atoms with Crippen LogP contribution in [0.2, 0.25) is 0 Å². The second-order valence-electron chi connectivity index (χ2n) is 3.46. The van der Waals surface area contributed by atoms with Gasteiger partial charge in [0.25, 0.3) is 0 Å². The van der Waals surface area contributed by atoms with Crippen LogP contribution in [-0.4, -0.2) is 43.6 Å². The average molecular weight is 239 g/mol. The summed E-state index contributed by atoms with van der Waals surface area (Å²) in [5, 5.41) is 2.55. The number of nitrogens with two attached hydrogens (primary N) is 1. The first-order valence-electron chi connectivity index (χ1n) is 5.16. The first-order chi connectivity index (χ1) is 8.10. The van der Waals surface area contributed by atoms with Crippen molar-refractivity contribution in [1.82, 2.24) is 15.3 Å². The number of nitrogen functional groups attached to an aromatic ring is 1. The summed E-state index contributed by atoms with van der Waals surface area (Å²) < 4.78 is 5.00. The lowest BCUT2D eigenvalue weighted by Gasteiger charge is -2.19. The molecular weight excluding hydrogens is 222 g/mol. The van der Waals surface area contributed by atoms with Crippen molar-refractivity contribution in [2.45, 2.75) is 6.42 Å². The molecule has 0 bridgehead atoms. The maximum absolute atomic E-state index is 11.1. The fourth-order valence-corrected chi connectivity index (χ4v) is 1.34. The van der Waals surface area contributed by atoms with E-state index in [-0.39, 0.29) is 5.91 Å². The van der Waals surface area contributed by atoms with Crippen LogP contribution in [0.5, 0.6) is 5.88 Å². The zero-order valence-electron chi connectivity index (χ0n) is 10.2. The Kier molecular flexibility index (Phi) is 4.50. The van der Waals surface area contributed by atoms with Crippen LogP contribution < -0.4 is 20.7 Å². The highest BCUT2D eigenvalue weighted by Crippen LogP contribution is 2.26. The SMILES string of the molecule is CNC(=O)CCN(C)c1ncnc(OC)c1N. The van der Waals surface area contributed by atoms with Crippen LogP contribution in [0.3, 0.4) is 0 Å². The van der Waals surface area contributed by atoms with Gasteiger partial charge < -0.3 is 20.7 Å². The van der Waals surface area contributed by atoms with Gasteiger partial charge in [-0.3, -0.25) is 4.79 Å². The highest BCUT2D eigenvalue weighted by atomic mass is 16.5. The summed E-state index contributed by atoms with van der Waals surface area (Å²) in [6, 6.07) is 0. The quantitative estimate of drug-likeness (QED) is 0.729. The Morgan fingerprint density at radius 3 is 2.88 bits per heavy atom. The first kappa shape index (κ1) is 13.0. The molecule has 1 aromatic rings. The Balaban J connectivity index is 2.75. The van der Waals surface area contributed by atoms with E-state index in [0.29, 0.717) is 30.4 Å². The summed E-state index contributed by atoms with van der Waals surface area (Å²) >= 11 is 0. The van der Waals surface area contributed by atoms with E-state index in [1.54, 1.807) is 19.0 Å². The van der Waals surface area contributed by atoms with Crippen molar-refractivity contribution in [2.75, 3.05) is 38.4 Å². The number of methoxy groups -OCH3 is 1. The number of rotatable bonds is 5. The van der Waals surface area contributed by atoms with Gasteiger partial charge in [0, 0.05) is 27.1 Å². The van der Waals surface area contributed by atoms with E-state index in [0.717, 1.165) is 0 Å². The first-order valence-corrected chi connectivity index (χ1v) is 5.16. The van der Waals surface area contributed by atoms with E-state index in [1.807, 2.05) is 0 Å². The van der Waals surface area contributed by atoms with Crippen LogP contribution >= 0.6 is 0 Å². The van der Waals surface area contributed by atoms with Gasteiger partial charge in [-0.25, -0.2) is 4.98 Å². The molecule has 0 aromatic carbocycles. The standard InChI is InChI=1S/C10H17N5O2/c1-12-7(16)4-5-15(2)9-8(11)10(17-3)14-6-13-9/h6H,4-5,11H2,1-3H3,(H,12,16). The molecule has 0 radical (unpaired) electrons. The molecule has 1 heterocycles. The van der Waals surface area contributed by atoms with E-state index in [2.05, 4.69) is 15.3 Å². The highest BCUT2D eigenvalue weighted by Gasteiger charge is 2.13. The van der Waals surface area contributed by atoms with Gasteiger partial charge in [0.15, 0.2) is 5.82 Å². The van der Waals surface area contributed by atoms with Gasteiger partial charge in [0.2, 0.25) is 11.8 Å². The topological polar surface area (TPSA) is 93.4 Å². The highest BCUT2D eigenvalue weighted by molar-refractivity contribution is 5.76. The maximum atomic E-state index is 11.1. The molecule has 7 heteroatoms. The Hall–Kier alpha value is -2.05. The molecule has 1 aromatic heterocycles. The number of carbonyl (C=O) groups is 1. The number of ether oxygens (including phenoxy) is 1. The van der Waals surface area contributed by atoms with E-state index >= 15 is 0 Å². The monoisotopic (exact) mass is 239 g/mol. The molecule has 1 amide bonds. The van der Waals surface area contributed by atoms with Crippen LogP contribution in [0.15, 0.2) is 6.33 Å². The second-order valence-corrected chi connectivity index (χ2v) is 3.46. The number of hydrogen-bond donors (Lipinski definition) is 2. The van der Waals surface area contributed by atoms with Crippen molar-refractivity contribution < 1.29 is 9.53 Å². The maximum Gasteiger partial charge on any atom is 0.242 e. The van der Waals surface area contributed by atoms with Crippen molar-refractivity contribution in [3.8, 4) is 5.88 Å². The predicted molar refractivity (Wildman–Crippen MR) is 65.0 cm³/mol. The summed E-state index contributed by atoms with van der Waals surface area (Å²) in [5.41, 5.74) is 6.21. The fourth-order valence-electron chi connectivity index (χ4n) is 1.34. The second kappa shape index (κ2) is 5.88. The minimum atomic E-state index is -0.0311. The number of nitrogens with zero attached hydrogens (tertiary/aromatic N) is 3. The number of anilines is 2. The number of amides is 1. The molecule has 0 saturated carbocycles. The Morgan fingerprint density at radius 1 is 1.59 bits per heavy atom. The van der Waals surface area contributed by atoms with E-state index in [4.69, 9.17) is 10.5 Å². The van der Waals surface area contributed by atoms with Gasteiger partial charge in [-0.2, -0.15) is 4.98 Å². The van der Waals surface area contributed by atoms with Gasteiger partial charge in [-0.15, -0.1) is 0 Å². The third-order valence-electron chi connectivity index (χ3n) is 2.33. The lowest BCUT2D eigenvalue weighted by molar-refractivity contribution is -0.120. The molecule has 94 valence electrons. The molecule has 0 atom stereocenters. The summed E-state index contributed by atoms with van der Waals surface area (Å²) in [6.45, 7) is 0.518. The summed E-state index contributed by atoms with van der Waals surface area (Å²) in [7, 11) is 4.90. The summed E-state index contributed by atoms with van der Waals surface area (Å²) in [5.74, 6) is 0.860. The molecule has 17 heavy (non-hydrogen) atoms. The molecule has 0 spiro atoms. The van der Waals surface area contributed by atoms with Gasteiger partial charge in [-0.1, -0.05) is 0 Å². The van der Waals surface area contributed by atoms with Gasteiger partial charge >= 0.3 is 0 Å². The molecule has 0 saturated heterocycles. The molecule has 0 aliphatic rings. The Labute approximate surface area is 100.0 Å². The molecule has 0 aliphatic heterocycles. The van der Waals surface area contributed by atoms with Crippen molar-refractivity contribution in [3.63, 3.8) is 0 Å². The van der Waals surface area contributed by atoms with Gasteiger partial charge in [0.05, 0.1) is 7.11 Å². The minimum Gasteiger partial charge on any atom is -0.479 e. The number of nitrogens with one attached hydrogen (secondary N) is 1. The van der Waals surface area contributed by atoms with E-state index < -0.39 is 0 Å². The third-order valence-corrected chi connectivity index (χ3v) is 2.33. The largest absolute Gasteiger partial charge is 0.479 e. The third kappa shape index (κ3) is 3.20. The zero-order chi connectivity index (χ0) is 12.8. The molecular formula is C10H17N5O2. The molecule has 7 nitrogen and oxygen atoms in total. The van der Waals surface area contributed by atoms with Gasteiger partial charge in [0.1, 0.15) is 12.0 Å². The van der Waals surface area contributed by atoms with Crippen LogP contribution in [0.25, 0.3) is 0 Å². The molecule has 0 unspecified atom stereocenters. The molecule has 0 aliphatic carbocycles. The normalized spacial score (nSPS) is 9.82. The molecule has 0 fully saturated rings. The number of hydrogen-bond acceptors (Lipinski definition) is 6. The summed E-state index contributed by atoms with van der Waals surface area (Å²) in [6.07, 6.45) is 1.75. The number of carbonyl (C=O) groups excluding carboxylic acids is 1. The van der Waals surface area contributed by atoms with E-state index in [1.165, 1.54) is 13.4 Å². The lowest BCUT2D eigenvalue weighted by atomic mass is 10.3. The van der Waals surface area contributed by atoms with Crippen molar-refractivity contribution in [1.29, 1.82) is 0 Å². The van der Waals surface area contributed by atoms with Crippen molar-refractivity contribution in [3.05, 3.63) is 6.33 Å². The van der Waals surface area contributed by atoms with Crippen LogP contribution in [-0.2, 0) is 4.79 Å². The number of aromatic nitrogens is 2. The molecule has 3 N–H and O–H groups in total.